The van der Waals surface area contributed by atoms with Crippen molar-refractivity contribution in [2.24, 2.45) is 0 Å². The standard InChI is InChI=1S/C24H35PSSe/c1-2-3-4-11-21-27-22-20-26-25(18-16-23-12-7-5-8-13-23)19-17-24-14-9-6-10-15-24/h5-10,12-15H,2-4,11,16-22H2,1H3. The molecule has 148 valence electrons. The molecule has 27 heavy (non-hydrogen) atoms. The second kappa shape index (κ2) is 15.6. The van der Waals surface area contributed by atoms with Crippen LogP contribution in [-0.2, 0) is 12.8 Å². The zero-order chi connectivity index (χ0) is 19.0. The van der Waals surface area contributed by atoms with Crippen molar-refractivity contribution >= 4 is 33.5 Å². The maximum absolute atomic E-state index is 2.31. The molecule has 0 atom stereocenters. The van der Waals surface area contributed by atoms with Crippen molar-refractivity contribution in [2.75, 3.05) is 18.1 Å². The van der Waals surface area contributed by atoms with E-state index in [1.165, 1.54) is 78.4 Å². The predicted molar refractivity (Wildman–Crippen MR) is 129 cm³/mol. The summed E-state index contributed by atoms with van der Waals surface area (Å²) in [5.41, 5.74) is 3.01. The van der Waals surface area contributed by atoms with Crippen LogP contribution in [-0.4, -0.2) is 33.0 Å². The molecule has 0 spiro atoms. The summed E-state index contributed by atoms with van der Waals surface area (Å²) in [5, 5.41) is 2.97. The fourth-order valence-electron chi connectivity index (χ4n) is 3.00. The summed E-state index contributed by atoms with van der Waals surface area (Å²) in [6, 6.07) is 22.1. The van der Waals surface area contributed by atoms with Gasteiger partial charge in [0, 0.05) is 0 Å². The Bertz CT molecular complexity index is 532. The molecule has 0 aliphatic heterocycles. The Morgan fingerprint density at radius 3 is 1.89 bits per heavy atom. The van der Waals surface area contributed by atoms with E-state index in [9.17, 15) is 0 Å². The predicted octanol–water partition coefficient (Wildman–Crippen LogP) is 7.72. The minimum atomic E-state index is 0.0884. The molecule has 0 saturated heterocycles. The first-order valence-electron chi connectivity index (χ1n) is 10.4. The van der Waals surface area contributed by atoms with Crippen LogP contribution < -0.4 is 0 Å². The van der Waals surface area contributed by atoms with Crippen molar-refractivity contribution < 1.29 is 0 Å². The van der Waals surface area contributed by atoms with Crippen molar-refractivity contribution in [1.29, 1.82) is 0 Å². The molecule has 0 heterocycles. The molecule has 2 rings (SSSR count). The van der Waals surface area contributed by atoms with Gasteiger partial charge in [0.15, 0.2) is 0 Å². The van der Waals surface area contributed by atoms with Crippen molar-refractivity contribution in [3.63, 3.8) is 0 Å². The summed E-state index contributed by atoms with van der Waals surface area (Å²) in [7, 11) is 0.0884. The molecule has 0 nitrogen and oxygen atoms in total. The molecular formula is C24H35PSSe. The van der Waals surface area contributed by atoms with Gasteiger partial charge in [0.1, 0.15) is 0 Å². The summed E-state index contributed by atoms with van der Waals surface area (Å²) in [4.78, 5) is 0. The second-order valence-corrected chi connectivity index (χ2v) is 14.3. The summed E-state index contributed by atoms with van der Waals surface area (Å²) >= 11 is 3.18. The number of benzene rings is 2. The first-order chi connectivity index (χ1) is 13.4. The summed E-state index contributed by atoms with van der Waals surface area (Å²) < 4.78 is 0. The molecule has 0 unspecified atom stereocenters. The zero-order valence-electron chi connectivity index (χ0n) is 16.8. The molecule has 3 heteroatoms. The van der Waals surface area contributed by atoms with E-state index >= 15 is 0 Å². The van der Waals surface area contributed by atoms with Crippen LogP contribution in [0.25, 0.3) is 0 Å². The van der Waals surface area contributed by atoms with E-state index < -0.39 is 0 Å². The molecule has 2 aromatic carbocycles. The topological polar surface area (TPSA) is 0 Å². The minimum absolute atomic E-state index is 0.0884. The molecule has 0 aliphatic carbocycles. The molecule has 0 aliphatic rings. The Labute approximate surface area is 179 Å². The van der Waals surface area contributed by atoms with Crippen LogP contribution in [0.1, 0.15) is 43.7 Å². The van der Waals surface area contributed by atoms with E-state index in [2.05, 4.69) is 79.0 Å². The average molecular weight is 466 g/mol. The van der Waals surface area contributed by atoms with Crippen LogP contribution in [0.3, 0.4) is 0 Å². The molecule has 0 N–H and O–H groups in total. The Morgan fingerprint density at radius 2 is 1.33 bits per heavy atom. The number of aryl methyl sites for hydroxylation is 2. The number of rotatable bonds is 15. The van der Waals surface area contributed by atoms with Crippen molar-refractivity contribution in [3.05, 3.63) is 71.8 Å². The molecule has 2 aromatic rings. The maximum atomic E-state index is 2.31. The number of hydrogen-bond donors (Lipinski definition) is 0. The average Bonchev–Trinajstić information content (AvgIpc) is 2.73. The van der Waals surface area contributed by atoms with Gasteiger partial charge >= 0.3 is 179 Å². The van der Waals surface area contributed by atoms with Gasteiger partial charge in [-0.15, -0.1) is 0 Å². The van der Waals surface area contributed by atoms with Crippen LogP contribution in [0.5, 0.6) is 0 Å². The fraction of sp³-hybridized carbons (Fsp3) is 0.500. The van der Waals surface area contributed by atoms with Gasteiger partial charge < -0.3 is 0 Å². The van der Waals surface area contributed by atoms with Gasteiger partial charge in [0.25, 0.3) is 0 Å². The summed E-state index contributed by atoms with van der Waals surface area (Å²) in [6.45, 7) is 2.30. The van der Waals surface area contributed by atoms with Crippen molar-refractivity contribution in [2.45, 2.75) is 56.1 Å². The van der Waals surface area contributed by atoms with E-state index in [1.54, 1.807) is 0 Å². The van der Waals surface area contributed by atoms with E-state index in [0.717, 1.165) is 15.0 Å². The van der Waals surface area contributed by atoms with E-state index in [4.69, 9.17) is 0 Å². The van der Waals surface area contributed by atoms with Gasteiger partial charge in [-0.25, -0.2) is 0 Å². The molecule has 0 amide bonds. The van der Waals surface area contributed by atoms with Gasteiger partial charge in [0.05, 0.1) is 0 Å². The molecule has 0 saturated carbocycles. The van der Waals surface area contributed by atoms with Gasteiger partial charge in [-0.1, -0.05) is 0 Å². The van der Waals surface area contributed by atoms with Gasteiger partial charge in [0.2, 0.25) is 0 Å². The molecular weight excluding hydrogens is 430 g/mol. The van der Waals surface area contributed by atoms with Crippen LogP contribution in [0.15, 0.2) is 60.7 Å². The zero-order valence-corrected chi connectivity index (χ0v) is 20.2. The van der Waals surface area contributed by atoms with Crippen molar-refractivity contribution in [3.8, 4) is 0 Å². The molecule has 0 bridgehead atoms. The third kappa shape index (κ3) is 11.4. The Morgan fingerprint density at radius 1 is 0.741 bits per heavy atom. The third-order valence-corrected chi connectivity index (χ3v) is 12.4. The normalized spacial score (nSPS) is 11.2. The molecule has 0 radical (unpaired) electrons. The van der Waals surface area contributed by atoms with Crippen molar-refractivity contribution in [1.82, 2.24) is 0 Å². The third-order valence-electron chi connectivity index (χ3n) is 4.63. The molecule has 0 aromatic heterocycles. The quantitative estimate of drug-likeness (QED) is 0.147. The number of unbranched alkanes of at least 4 members (excludes halogenated alkanes) is 3. The first-order valence-corrected chi connectivity index (χ1v) is 16.1. The first kappa shape index (κ1) is 23.0. The van der Waals surface area contributed by atoms with E-state index in [0.29, 0.717) is 0 Å². The monoisotopic (exact) mass is 466 g/mol. The van der Waals surface area contributed by atoms with Crippen LogP contribution >= 0.6 is 18.5 Å². The second-order valence-electron chi connectivity index (χ2n) is 6.91. The van der Waals surface area contributed by atoms with E-state index in [-0.39, 0.29) is 7.12 Å². The summed E-state index contributed by atoms with van der Waals surface area (Å²) in [6.07, 6.45) is 10.9. The van der Waals surface area contributed by atoms with Gasteiger partial charge in [-0.2, -0.15) is 0 Å². The van der Waals surface area contributed by atoms with E-state index in [1.807, 2.05) is 0 Å². The number of hydrogen-bond acceptors (Lipinski definition) is 1. The van der Waals surface area contributed by atoms with Gasteiger partial charge in [-0.3, -0.25) is 0 Å². The SMILES string of the molecule is CCCCCC[Se]CCSP(CCc1ccccc1)CCc1ccccc1. The van der Waals surface area contributed by atoms with Gasteiger partial charge in [-0.05, 0) is 0 Å². The van der Waals surface area contributed by atoms with Crippen LogP contribution in [0, 0.1) is 0 Å². The Kier molecular flexibility index (Phi) is 13.3. The fourth-order valence-corrected chi connectivity index (χ4v) is 10.7. The summed E-state index contributed by atoms with van der Waals surface area (Å²) in [5.74, 6) is 1.39. The van der Waals surface area contributed by atoms with Crippen LogP contribution in [0.4, 0.5) is 0 Å². The Hall–Kier alpha value is -0.261. The molecule has 0 fully saturated rings. The Balaban J connectivity index is 1.69. The van der Waals surface area contributed by atoms with Crippen LogP contribution in [0.2, 0.25) is 10.6 Å².